The van der Waals surface area contributed by atoms with Crippen molar-refractivity contribution in [3.8, 4) is 0 Å². The molecule has 2 unspecified atom stereocenters. The first-order valence-electron chi connectivity index (χ1n) is 5.51. The summed E-state index contributed by atoms with van der Waals surface area (Å²) in [5.41, 5.74) is 0.466. The van der Waals surface area contributed by atoms with Crippen LogP contribution in [0.2, 0.25) is 0 Å². The lowest BCUT2D eigenvalue weighted by atomic mass is 9.93. The summed E-state index contributed by atoms with van der Waals surface area (Å²) < 4.78 is 26.1. The van der Waals surface area contributed by atoms with Crippen molar-refractivity contribution in [1.29, 1.82) is 0 Å². The van der Waals surface area contributed by atoms with Crippen molar-refractivity contribution >= 4 is 5.97 Å². The Bertz CT molecular complexity index is 416. The zero-order chi connectivity index (χ0) is 12.4. The van der Waals surface area contributed by atoms with E-state index in [4.69, 9.17) is 5.11 Å². The first kappa shape index (κ1) is 12.0. The number of carboxylic acid groups (broad SMARTS) is 1. The average Bonchev–Trinajstić information content (AvgIpc) is 2.28. The molecule has 1 fully saturated rings. The number of carboxylic acids is 1. The predicted molar refractivity (Wildman–Crippen MR) is 57.5 cm³/mol. The second-order valence-electron chi connectivity index (χ2n) is 4.24. The molecular weight excluding hydrogens is 228 g/mol. The van der Waals surface area contributed by atoms with Gasteiger partial charge in [-0.2, -0.15) is 0 Å². The monoisotopic (exact) mass is 241 g/mol. The molecule has 92 valence electrons. The van der Waals surface area contributed by atoms with Crippen molar-refractivity contribution in [2.75, 3.05) is 0 Å². The van der Waals surface area contributed by atoms with Gasteiger partial charge in [-0.05, 0) is 37.0 Å². The van der Waals surface area contributed by atoms with E-state index in [0.29, 0.717) is 18.4 Å². The van der Waals surface area contributed by atoms with Crippen molar-refractivity contribution in [1.82, 2.24) is 5.32 Å². The lowest BCUT2D eigenvalue weighted by molar-refractivity contribution is -0.140. The van der Waals surface area contributed by atoms with Crippen molar-refractivity contribution in [3.63, 3.8) is 0 Å². The quantitative estimate of drug-likeness (QED) is 0.834. The lowest BCUT2D eigenvalue weighted by Crippen LogP contribution is -2.42. The van der Waals surface area contributed by atoms with Gasteiger partial charge in [0.25, 0.3) is 0 Å². The molecule has 3 nitrogen and oxygen atoms in total. The molecule has 0 bridgehead atoms. The van der Waals surface area contributed by atoms with Gasteiger partial charge in [0.2, 0.25) is 0 Å². The summed E-state index contributed by atoms with van der Waals surface area (Å²) in [4.78, 5) is 10.9. The molecule has 1 aliphatic heterocycles. The maximum absolute atomic E-state index is 13.1. The Kier molecular flexibility index (Phi) is 3.38. The average molecular weight is 241 g/mol. The van der Waals surface area contributed by atoms with E-state index < -0.39 is 23.6 Å². The normalized spacial score (nSPS) is 24.6. The standard InChI is InChI=1S/C12H13F2NO2/c13-8-4-7(5-9(14)6-8)10-2-1-3-11(15-10)12(16)17/h4-6,10-11,15H,1-3H2,(H,16,17). The second kappa shape index (κ2) is 4.79. The van der Waals surface area contributed by atoms with Crippen LogP contribution in [0.1, 0.15) is 30.9 Å². The summed E-state index contributed by atoms with van der Waals surface area (Å²) in [6.45, 7) is 0. The molecule has 0 radical (unpaired) electrons. The van der Waals surface area contributed by atoms with E-state index in [2.05, 4.69) is 5.32 Å². The van der Waals surface area contributed by atoms with E-state index in [-0.39, 0.29) is 6.04 Å². The first-order chi connectivity index (χ1) is 8.06. The van der Waals surface area contributed by atoms with Gasteiger partial charge in [0.05, 0.1) is 0 Å². The Hall–Kier alpha value is -1.49. The Balaban J connectivity index is 2.18. The molecule has 17 heavy (non-hydrogen) atoms. The van der Waals surface area contributed by atoms with Gasteiger partial charge in [-0.15, -0.1) is 0 Å². The van der Waals surface area contributed by atoms with E-state index >= 15 is 0 Å². The molecule has 1 aromatic carbocycles. The second-order valence-corrected chi connectivity index (χ2v) is 4.24. The van der Waals surface area contributed by atoms with Gasteiger partial charge in [-0.3, -0.25) is 10.1 Å². The fraction of sp³-hybridized carbons (Fsp3) is 0.417. The van der Waals surface area contributed by atoms with Crippen molar-refractivity contribution in [3.05, 3.63) is 35.4 Å². The van der Waals surface area contributed by atoms with Crippen LogP contribution in [0.3, 0.4) is 0 Å². The van der Waals surface area contributed by atoms with Crippen LogP contribution in [0.4, 0.5) is 8.78 Å². The van der Waals surface area contributed by atoms with Gasteiger partial charge in [-0.1, -0.05) is 0 Å². The van der Waals surface area contributed by atoms with Crippen LogP contribution in [0.15, 0.2) is 18.2 Å². The summed E-state index contributed by atoms with van der Waals surface area (Å²) in [6.07, 6.45) is 1.96. The third-order valence-corrected chi connectivity index (χ3v) is 2.97. The number of carbonyl (C=O) groups is 1. The van der Waals surface area contributed by atoms with E-state index in [1.807, 2.05) is 0 Å². The highest BCUT2D eigenvalue weighted by Crippen LogP contribution is 2.26. The number of rotatable bonds is 2. The number of benzene rings is 1. The van der Waals surface area contributed by atoms with Gasteiger partial charge < -0.3 is 5.11 Å². The third-order valence-electron chi connectivity index (χ3n) is 2.97. The Morgan fingerprint density at radius 3 is 2.47 bits per heavy atom. The molecule has 0 aromatic heterocycles. The van der Waals surface area contributed by atoms with Crippen LogP contribution in [0.25, 0.3) is 0 Å². The Morgan fingerprint density at radius 2 is 1.88 bits per heavy atom. The minimum Gasteiger partial charge on any atom is -0.480 e. The van der Waals surface area contributed by atoms with E-state index in [1.165, 1.54) is 12.1 Å². The molecule has 0 aliphatic carbocycles. The van der Waals surface area contributed by atoms with Crippen LogP contribution in [0.5, 0.6) is 0 Å². The van der Waals surface area contributed by atoms with E-state index in [1.54, 1.807) is 0 Å². The largest absolute Gasteiger partial charge is 0.480 e. The molecule has 0 saturated carbocycles. The van der Waals surface area contributed by atoms with Crippen molar-refractivity contribution in [2.45, 2.75) is 31.3 Å². The Morgan fingerprint density at radius 1 is 1.24 bits per heavy atom. The molecule has 5 heteroatoms. The van der Waals surface area contributed by atoms with Crippen LogP contribution in [-0.2, 0) is 4.79 Å². The van der Waals surface area contributed by atoms with Crippen LogP contribution < -0.4 is 5.32 Å². The smallest absolute Gasteiger partial charge is 0.320 e. The highest BCUT2D eigenvalue weighted by molar-refractivity contribution is 5.73. The molecule has 2 rings (SSSR count). The molecule has 1 aromatic rings. The number of nitrogens with one attached hydrogen (secondary N) is 1. The summed E-state index contributed by atoms with van der Waals surface area (Å²) in [7, 11) is 0. The number of hydrogen-bond acceptors (Lipinski definition) is 2. The van der Waals surface area contributed by atoms with Crippen LogP contribution >= 0.6 is 0 Å². The molecule has 2 N–H and O–H groups in total. The molecule has 1 saturated heterocycles. The van der Waals surface area contributed by atoms with Gasteiger partial charge in [0.1, 0.15) is 17.7 Å². The van der Waals surface area contributed by atoms with Crippen molar-refractivity contribution < 1.29 is 18.7 Å². The Labute approximate surface area is 97.5 Å². The highest BCUT2D eigenvalue weighted by Gasteiger charge is 2.27. The van der Waals surface area contributed by atoms with Gasteiger partial charge >= 0.3 is 5.97 Å². The van der Waals surface area contributed by atoms with Gasteiger partial charge in [0, 0.05) is 12.1 Å². The van der Waals surface area contributed by atoms with E-state index in [0.717, 1.165) is 12.5 Å². The number of halogens is 2. The first-order valence-corrected chi connectivity index (χ1v) is 5.51. The topological polar surface area (TPSA) is 49.3 Å². The summed E-state index contributed by atoms with van der Waals surface area (Å²) in [6, 6.07) is 2.35. The zero-order valence-electron chi connectivity index (χ0n) is 9.12. The maximum Gasteiger partial charge on any atom is 0.320 e. The van der Waals surface area contributed by atoms with Crippen molar-refractivity contribution in [2.24, 2.45) is 0 Å². The molecule has 0 spiro atoms. The fourth-order valence-electron chi connectivity index (χ4n) is 2.17. The van der Waals surface area contributed by atoms with Gasteiger partial charge in [-0.25, -0.2) is 8.78 Å². The zero-order valence-corrected chi connectivity index (χ0v) is 9.12. The third kappa shape index (κ3) is 2.79. The SMILES string of the molecule is O=C(O)C1CCCC(c2cc(F)cc(F)c2)N1. The minimum absolute atomic E-state index is 0.296. The summed E-state index contributed by atoms with van der Waals surface area (Å²) >= 11 is 0. The summed E-state index contributed by atoms with van der Waals surface area (Å²) in [5, 5.41) is 11.8. The van der Waals surface area contributed by atoms with Crippen LogP contribution in [-0.4, -0.2) is 17.1 Å². The molecule has 1 aliphatic rings. The number of hydrogen-bond donors (Lipinski definition) is 2. The molecule has 2 atom stereocenters. The molecule has 1 heterocycles. The highest BCUT2D eigenvalue weighted by atomic mass is 19.1. The van der Waals surface area contributed by atoms with Gasteiger partial charge in [0.15, 0.2) is 0 Å². The molecular formula is C12H13F2NO2. The fourth-order valence-corrected chi connectivity index (χ4v) is 2.17. The maximum atomic E-state index is 13.1. The molecule has 0 amide bonds. The predicted octanol–water partition coefficient (Wildman–Crippen LogP) is 2.23. The lowest BCUT2D eigenvalue weighted by Gasteiger charge is -2.28. The number of aliphatic carboxylic acids is 1. The minimum atomic E-state index is -0.924. The summed E-state index contributed by atoms with van der Waals surface area (Å²) in [5.74, 6) is -2.20. The van der Waals surface area contributed by atoms with E-state index in [9.17, 15) is 13.6 Å². The van der Waals surface area contributed by atoms with Crippen LogP contribution in [0, 0.1) is 11.6 Å². The number of piperidine rings is 1.